The molecular weight excluding hydrogens is 436 g/mol. The minimum atomic E-state index is -0.975. The van der Waals surface area contributed by atoms with E-state index in [0.29, 0.717) is 6.54 Å². The summed E-state index contributed by atoms with van der Waals surface area (Å²) in [5.41, 5.74) is 4.52. The van der Waals surface area contributed by atoms with Gasteiger partial charge in [-0.25, -0.2) is 4.79 Å². The van der Waals surface area contributed by atoms with E-state index in [1.54, 1.807) is 4.90 Å². The van der Waals surface area contributed by atoms with E-state index < -0.39 is 24.2 Å². The van der Waals surface area contributed by atoms with Crippen molar-refractivity contribution in [2.45, 2.75) is 38.3 Å². The van der Waals surface area contributed by atoms with Crippen molar-refractivity contribution in [3.8, 4) is 11.1 Å². The largest absolute Gasteiger partial charge is 0.481 e. The standard InChI is InChI=1S/C26H30N2O6/c1-16(2)24(25(31)28-11-12-33-17(14-28)13-23(29)30)27-26(32)34-15-22-20-9-5-3-7-18(20)19-8-4-6-10-21(19)22/h3-10,16-17,22,24H,11-15H2,1-2H3,(H,27,32)(H,29,30). The predicted octanol–water partition coefficient (Wildman–Crippen LogP) is 3.25. The molecule has 34 heavy (non-hydrogen) atoms. The second kappa shape index (κ2) is 10.3. The van der Waals surface area contributed by atoms with Crippen LogP contribution in [0.4, 0.5) is 4.79 Å². The first-order chi connectivity index (χ1) is 16.3. The summed E-state index contributed by atoms with van der Waals surface area (Å²) in [5, 5.41) is 11.8. The SMILES string of the molecule is CC(C)C(NC(=O)OCC1c2ccccc2-c2ccccc21)C(=O)N1CCOC(CC(=O)O)C1. The third-order valence-corrected chi connectivity index (χ3v) is 6.40. The monoisotopic (exact) mass is 466 g/mol. The van der Waals surface area contributed by atoms with E-state index >= 15 is 0 Å². The molecule has 0 radical (unpaired) electrons. The first kappa shape index (κ1) is 23.8. The summed E-state index contributed by atoms with van der Waals surface area (Å²) in [6.07, 6.45) is -1.38. The number of carboxylic acids is 1. The van der Waals surface area contributed by atoms with E-state index in [0.717, 1.165) is 22.3 Å². The number of carboxylic acid groups (broad SMARTS) is 1. The second-order valence-electron chi connectivity index (χ2n) is 9.07. The van der Waals surface area contributed by atoms with Crippen LogP contribution in [-0.4, -0.2) is 66.4 Å². The van der Waals surface area contributed by atoms with E-state index in [-0.39, 0.29) is 43.9 Å². The molecule has 0 spiro atoms. The van der Waals surface area contributed by atoms with Crippen molar-refractivity contribution in [3.05, 3.63) is 59.7 Å². The number of carbonyl (C=O) groups excluding carboxylic acids is 2. The van der Waals surface area contributed by atoms with E-state index in [9.17, 15) is 14.4 Å². The molecule has 8 heteroatoms. The molecule has 2 unspecified atom stereocenters. The highest BCUT2D eigenvalue weighted by atomic mass is 16.5. The van der Waals surface area contributed by atoms with Gasteiger partial charge >= 0.3 is 12.1 Å². The third kappa shape index (κ3) is 5.07. The van der Waals surface area contributed by atoms with Gasteiger partial charge in [0.1, 0.15) is 12.6 Å². The summed E-state index contributed by atoms with van der Waals surface area (Å²) in [6.45, 7) is 4.66. The normalized spacial score (nSPS) is 18.2. The van der Waals surface area contributed by atoms with Crippen molar-refractivity contribution in [2.75, 3.05) is 26.3 Å². The van der Waals surface area contributed by atoms with Gasteiger partial charge in [0.05, 0.1) is 19.1 Å². The number of carbonyl (C=O) groups is 3. The summed E-state index contributed by atoms with van der Waals surface area (Å²) < 4.78 is 11.1. The number of benzene rings is 2. The van der Waals surface area contributed by atoms with Crippen LogP contribution in [0.3, 0.4) is 0 Å². The lowest BCUT2D eigenvalue weighted by atomic mass is 9.98. The van der Waals surface area contributed by atoms with Crippen LogP contribution in [0.5, 0.6) is 0 Å². The van der Waals surface area contributed by atoms with E-state index in [2.05, 4.69) is 17.4 Å². The number of fused-ring (bicyclic) bond motifs is 3. The average Bonchev–Trinajstić information content (AvgIpc) is 3.14. The number of nitrogens with one attached hydrogen (secondary N) is 1. The highest BCUT2D eigenvalue weighted by molar-refractivity contribution is 5.86. The van der Waals surface area contributed by atoms with Gasteiger partial charge in [0.15, 0.2) is 0 Å². The lowest BCUT2D eigenvalue weighted by Crippen LogP contribution is -2.55. The van der Waals surface area contributed by atoms with Crippen molar-refractivity contribution < 1.29 is 29.0 Å². The molecule has 1 aliphatic heterocycles. The number of alkyl carbamates (subject to hydrolysis) is 1. The highest BCUT2D eigenvalue weighted by Crippen LogP contribution is 2.44. The number of rotatable bonds is 7. The number of aliphatic carboxylic acids is 1. The molecule has 1 fully saturated rings. The number of nitrogens with zero attached hydrogens (tertiary/aromatic N) is 1. The van der Waals surface area contributed by atoms with Crippen LogP contribution in [0, 0.1) is 5.92 Å². The van der Waals surface area contributed by atoms with Crippen LogP contribution in [0.2, 0.25) is 0 Å². The van der Waals surface area contributed by atoms with Gasteiger partial charge in [-0.05, 0) is 28.2 Å². The number of hydrogen-bond donors (Lipinski definition) is 2. The van der Waals surface area contributed by atoms with Gasteiger partial charge in [-0.3, -0.25) is 9.59 Å². The van der Waals surface area contributed by atoms with Crippen molar-refractivity contribution >= 4 is 18.0 Å². The molecule has 0 saturated carbocycles. The first-order valence-electron chi connectivity index (χ1n) is 11.6. The summed E-state index contributed by atoms with van der Waals surface area (Å²) in [5.74, 6) is -1.48. The molecule has 1 saturated heterocycles. The van der Waals surface area contributed by atoms with Crippen LogP contribution in [0.25, 0.3) is 11.1 Å². The molecule has 0 aromatic heterocycles. The maximum atomic E-state index is 13.1. The predicted molar refractivity (Wildman–Crippen MR) is 125 cm³/mol. The lowest BCUT2D eigenvalue weighted by molar-refractivity contribution is -0.149. The van der Waals surface area contributed by atoms with E-state index in [4.69, 9.17) is 14.6 Å². The van der Waals surface area contributed by atoms with E-state index in [1.807, 2.05) is 50.2 Å². The minimum Gasteiger partial charge on any atom is -0.481 e. The average molecular weight is 467 g/mol. The van der Waals surface area contributed by atoms with Gasteiger partial charge in [0.2, 0.25) is 5.91 Å². The maximum Gasteiger partial charge on any atom is 0.407 e. The Kier molecular flexibility index (Phi) is 7.17. The molecule has 2 aromatic rings. The zero-order chi connectivity index (χ0) is 24.2. The molecule has 2 amide bonds. The smallest absolute Gasteiger partial charge is 0.407 e. The molecule has 1 heterocycles. The van der Waals surface area contributed by atoms with Crippen LogP contribution in [0.1, 0.15) is 37.3 Å². The minimum absolute atomic E-state index is 0.0672. The highest BCUT2D eigenvalue weighted by Gasteiger charge is 2.34. The third-order valence-electron chi connectivity index (χ3n) is 6.40. The Morgan fingerprint density at radius 3 is 2.29 bits per heavy atom. The Morgan fingerprint density at radius 2 is 1.71 bits per heavy atom. The summed E-state index contributed by atoms with van der Waals surface area (Å²) in [4.78, 5) is 38.4. The van der Waals surface area contributed by atoms with Crippen LogP contribution >= 0.6 is 0 Å². The Labute approximate surface area is 198 Å². The molecule has 180 valence electrons. The Morgan fingerprint density at radius 1 is 1.09 bits per heavy atom. The van der Waals surface area contributed by atoms with Crippen molar-refractivity contribution in [3.63, 3.8) is 0 Å². The van der Waals surface area contributed by atoms with Gasteiger partial charge in [-0.2, -0.15) is 0 Å². The molecule has 0 bridgehead atoms. The van der Waals surface area contributed by atoms with Crippen LogP contribution in [-0.2, 0) is 19.1 Å². The van der Waals surface area contributed by atoms with Crippen LogP contribution in [0.15, 0.2) is 48.5 Å². The fraction of sp³-hybridized carbons (Fsp3) is 0.423. The number of morpholine rings is 1. The van der Waals surface area contributed by atoms with Gasteiger partial charge in [0, 0.05) is 19.0 Å². The molecule has 2 atom stereocenters. The Balaban J connectivity index is 1.39. The van der Waals surface area contributed by atoms with E-state index in [1.165, 1.54) is 0 Å². The fourth-order valence-corrected chi connectivity index (χ4v) is 4.72. The molecule has 2 aliphatic rings. The van der Waals surface area contributed by atoms with Gasteiger partial charge in [0.25, 0.3) is 0 Å². The van der Waals surface area contributed by atoms with Gasteiger partial charge in [-0.1, -0.05) is 62.4 Å². The number of hydrogen-bond acceptors (Lipinski definition) is 5. The second-order valence-corrected chi connectivity index (χ2v) is 9.07. The van der Waals surface area contributed by atoms with Gasteiger partial charge in [-0.15, -0.1) is 0 Å². The number of amides is 2. The molecule has 2 N–H and O–H groups in total. The zero-order valence-electron chi connectivity index (χ0n) is 19.4. The Bertz CT molecular complexity index is 1020. The number of ether oxygens (including phenoxy) is 2. The van der Waals surface area contributed by atoms with Crippen LogP contribution < -0.4 is 5.32 Å². The molecular formula is C26H30N2O6. The quantitative estimate of drug-likeness (QED) is 0.649. The fourth-order valence-electron chi connectivity index (χ4n) is 4.72. The topological polar surface area (TPSA) is 105 Å². The molecule has 2 aromatic carbocycles. The lowest BCUT2D eigenvalue weighted by Gasteiger charge is -2.35. The molecule has 8 nitrogen and oxygen atoms in total. The summed E-state index contributed by atoms with van der Waals surface area (Å²) in [7, 11) is 0. The maximum absolute atomic E-state index is 13.1. The molecule has 1 aliphatic carbocycles. The Hall–Kier alpha value is -3.39. The zero-order valence-corrected chi connectivity index (χ0v) is 19.4. The first-order valence-corrected chi connectivity index (χ1v) is 11.6. The van der Waals surface area contributed by atoms with Gasteiger partial charge < -0.3 is 24.8 Å². The van der Waals surface area contributed by atoms with Crippen molar-refractivity contribution in [2.24, 2.45) is 5.92 Å². The van der Waals surface area contributed by atoms with Crippen molar-refractivity contribution in [1.29, 1.82) is 0 Å². The summed E-state index contributed by atoms with van der Waals surface area (Å²) in [6, 6.07) is 15.4. The summed E-state index contributed by atoms with van der Waals surface area (Å²) >= 11 is 0. The van der Waals surface area contributed by atoms with Crippen molar-refractivity contribution in [1.82, 2.24) is 10.2 Å². The molecule has 4 rings (SSSR count).